The molecule has 3 unspecified atom stereocenters. The van der Waals surface area contributed by atoms with Gasteiger partial charge in [0.2, 0.25) is 0 Å². The fraction of sp³-hybridized carbons (Fsp3) is 0.444. The highest BCUT2D eigenvalue weighted by Gasteiger charge is 2.28. The lowest BCUT2D eigenvalue weighted by Gasteiger charge is -2.41. The average Bonchev–Trinajstić information content (AvgIpc) is 2.50. The molecule has 0 spiro atoms. The van der Waals surface area contributed by atoms with Gasteiger partial charge >= 0.3 is 0 Å². The minimum atomic E-state index is 0.217. The molecule has 1 heterocycles. The van der Waals surface area contributed by atoms with Gasteiger partial charge < -0.3 is 10.4 Å². The van der Waals surface area contributed by atoms with E-state index >= 15 is 0 Å². The molecule has 2 N–H and O–H groups in total. The van der Waals surface area contributed by atoms with E-state index in [0.29, 0.717) is 17.8 Å². The van der Waals surface area contributed by atoms with Crippen LogP contribution in [0.15, 0.2) is 36.4 Å². The summed E-state index contributed by atoms with van der Waals surface area (Å²) in [5.74, 6) is 0.430. The highest BCUT2D eigenvalue weighted by molar-refractivity contribution is 5.89. The van der Waals surface area contributed by atoms with Crippen LogP contribution in [-0.4, -0.2) is 35.2 Å². The van der Waals surface area contributed by atoms with Crippen LogP contribution in [0.2, 0.25) is 0 Å². The Morgan fingerprint density at radius 3 is 2.76 bits per heavy atom. The molecule has 0 amide bonds. The summed E-state index contributed by atoms with van der Waals surface area (Å²) in [4.78, 5) is 2.48. The zero-order valence-electron chi connectivity index (χ0n) is 13.0. The quantitative estimate of drug-likeness (QED) is 0.888. The first-order valence-electron chi connectivity index (χ1n) is 7.77. The maximum atomic E-state index is 10.7. The Morgan fingerprint density at radius 2 is 1.95 bits per heavy atom. The molecule has 1 saturated heterocycles. The molecule has 0 bridgehead atoms. The number of benzene rings is 2. The number of phenolic OH excluding ortho intramolecular Hbond substituents is 1. The molecular formula is C18H24N2O. The molecule has 21 heavy (non-hydrogen) atoms. The Hall–Kier alpha value is -1.58. The van der Waals surface area contributed by atoms with E-state index in [0.717, 1.165) is 29.4 Å². The van der Waals surface area contributed by atoms with Crippen molar-refractivity contribution in [2.45, 2.75) is 38.9 Å². The fourth-order valence-corrected chi connectivity index (χ4v) is 3.38. The highest BCUT2D eigenvalue weighted by Crippen LogP contribution is 2.35. The second kappa shape index (κ2) is 5.66. The largest absolute Gasteiger partial charge is 0.507 e. The molecule has 1 aliphatic rings. The van der Waals surface area contributed by atoms with E-state index in [9.17, 15) is 5.11 Å². The maximum absolute atomic E-state index is 10.7. The number of fused-ring (bicyclic) bond motifs is 1. The van der Waals surface area contributed by atoms with Crippen LogP contribution in [0.5, 0.6) is 5.75 Å². The molecule has 1 fully saturated rings. The third kappa shape index (κ3) is 2.63. The zero-order chi connectivity index (χ0) is 15.0. The van der Waals surface area contributed by atoms with Gasteiger partial charge in [0.25, 0.3) is 0 Å². The van der Waals surface area contributed by atoms with Crippen molar-refractivity contribution in [1.82, 2.24) is 10.2 Å². The Bertz CT molecular complexity index is 640. The molecule has 0 aliphatic carbocycles. The van der Waals surface area contributed by atoms with Crippen molar-refractivity contribution in [2.24, 2.45) is 0 Å². The van der Waals surface area contributed by atoms with E-state index in [1.165, 1.54) is 0 Å². The number of nitrogens with one attached hydrogen (secondary N) is 1. The Balaban J connectivity index is 1.97. The lowest BCUT2D eigenvalue weighted by molar-refractivity contribution is 0.102. The molecular weight excluding hydrogens is 260 g/mol. The van der Waals surface area contributed by atoms with Gasteiger partial charge in [-0.2, -0.15) is 0 Å². The second-order valence-corrected chi connectivity index (χ2v) is 6.26. The summed E-state index contributed by atoms with van der Waals surface area (Å²) in [7, 11) is 0. The normalized spacial score (nSPS) is 25.1. The van der Waals surface area contributed by atoms with E-state index in [4.69, 9.17) is 0 Å². The smallest absolute Gasteiger partial charge is 0.128 e. The van der Waals surface area contributed by atoms with Crippen LogP contribution >= 0.6 is 0 Å². The van der Waals surface area contributed by atoms with Crippen molar-refractivity contribution in [2.75, 3.05) is 13.1 Å². The number of hydrogen-bond donors (Lipinski definition) is 2. The van der Waals surface area contributed by atoms with Crippen LogP contribution in [0, 0.1) is 0 Å². The van der Waals surface area contributed by atoms with Crippen LogP contribution in [0.1, 0.15) is 32.4 Å². The van der Waals surface area contributed by atoms with Crippen molar-refractivity contribution in [3.63, 3.8) is 0 Å². The number of hydrogen-bond acceptors (Lipinski definition) is 3. The number of rotatable bonds is 2. The number of piperazine rings is 1. The third-order valence-corrected chi connectivity index (χ3v) is 4.69. The lowest BCUT2D eigenvalue weighted by Crippen LogP contribution is -2.54. The summed E-state index contributed by atoms with van der Waals surface area (Å²) in [6, 6.07) is 13.4. The summed E-state index contributed by atoms with van der Waals surface area (Å²) in [5, 5.41) is 16.2. The Kier molecular flexibility index (Phi) is 3.87. The highest BCUT2D eigenvalue weighted by atomic mass is 16.3. The Morgan fingerprint density at radius 1 is 1.19 bits per heavy atom. The molecule has 3 rings (SSSR count). The van der Waals surface area contributed by atoms with Gasteiger partial charge in [-0.1, -0.05) is 36.4 Å². The van der Waals surface area contributed by atoms with E-state index in [2.05, 4.69) is 43.1 Å². The summed E-state index contributed by atoms with van der Waals surface area (Å²) >= 11 is 0. The minimum Gasteiger partial charge on any atom is -0.507 e. The zero-order valence-corrected chi connectivity index (χ0v) is 13.0. The summed E-state index contributed by atoms with van der Waals surface area (Å²) in [5.41, 5.74) is 1.02. The number of nitrogens with zero attached hydrogens (tertiary/aromatic N) is 1. The van der Waals surface area contributed by atoms with Crippen molar-refractivity contribution in [3.05, 3.63) is 42.0 Å². The van der Waals surface area contributed by atoms with Gasteiger partial charge in [-0.05, 0) is 26.2 Å². The van der Waals surface area contributed by atoms with Gasteiger partial charge in [0, 0.05) is 42.2 Å². The molecule has 1 aliphatic heterocycles. The first-order chi connectivity index (χ1) is 10.1. The molecule has 3 atom stereocenters. The predicted molar refractivity (Wildman–Crippen MR) is 87.7 cm³/mol. The average molecular weight is 284 g/mol. The number of phenols is 1. The van der Waals surface area contributed by atoms with Crippen molar-refractivity contribution < 1.29 is 5.11 Å². The van der Waals surface area contributed by atoms with E-state index < -0.39 is 0 Å². The van der Waals surface area contributed by atoms with Gasteiger partial charge in [0.05, 0.1) is 0 Å². The maximum Gasteiger partial charge on any atom is 0.128 e. The molecule has 3 nitrogen and oxygen atoms in total. The SMILES string of the molecule is CC1CN(C(C)c2ccc3ccccc3c2O)C(C)CN1. The monoisotopic (exact) mass is 284 g/mol. The standard InChI is InChI=1S/C18H24N2O/c1-12-11-20(13(2)10-19-12)14(3)16-9-8-15-6-4-5-7-17(15)18(16)21/h4-9,12-14,19,21H,10-11H2,1-3H3. The molecule has 0 radical (unpaired) electrons. The van der Waals surface area contributed by atoms with Crippen LogP contribution in [-0.2, 0) is 0 Å². The van der Waals surface area contributed by atoms with Gasteiger partial charge in [0.15, 0.2) is 0 Å². The fourth-order valence-electron chi connectivity index (χ4n) is 3.38. The molecule has 2 aromatic rings. The third-order valence-electron chi connectivity index (χ3n) is 4.69. The van der Waals surface area contributed by atoms with Crippen LogP contribution in [0.3, 0.4) is 0 Å². The first-order valence-corrected chi connectivity index (χ1v) is 7.77. The topological polar surface area (TPSA) is 35.5 Å². The molecule has 112 valence electrons. The predicted octanol–water partition coefficient (Wildman–Crippen LogP) is 3.29. The van der Waals surface area contributed by atoms with Crippen LogP contribution in [0.4, 0.5) is 0 Å². The summed E-state index contributed by atoms with van der Waals surface area (Å²) in [6.07, 6.45) is 0. The molecule has 0 aromatic heterocycles. The van der Waals surface area contributed by atoms with E-state index in [1.54, 1.807) is 0 Å². The summed E-state index contributed by atoms with van der Waals surface area (Å²) in [6.45, 7) is 8.66. The van der Waals surface area contributed by atoms with Gasteiger partial charge in [-0.3, -0.25) is 4.90 Å². The molecule has 2 aromatic carbocycles. The number of aromatic hydroxyl groups is 1. The minimum absolute atomic E-state index is 0.217. The van der Waals surface area contributed by atoms with Gasteiger partial charge in [-0.25, -0.2) is 0 Å². The van der Waals surface area contributed by atoms with Crippen LogP contribution < -0.4 is 5.32 Å². The van der Waals surface area contributed by atoms with Gasteiger partial charge in [0.1, 0.15) is 5.75 Å². The van der Waals surface area contributed by atoms with Crippen molar-refractivity contribution in [3.8, 4) is 5.75 Å². The second-order valence-electron chi connectivity index (χ2n) is 6.26. The molecule has 0 saturated carbocycles. The van der Waals surface area contributed by atoms with Crippen molar-refractivity contribution >= 4 is 10.8 Å². The van der Waals surface area contributed by atoms with Crippen molar-refractivity contribution in [1.29, 1.82) is 0 Å². The Labute approximate surface area is 126 Å². The van der Waals surface area contributed by atoms with Gasteiger partial charge in [-0.15, -0.1) is 0 Å². The van der Waals surface area contributed by atoms with Crippen LogP contribution in [0.25, 0.3) is 10.8 Å². The molecule has 3 heteroatoms. The lowest BCUT2D eigenvalue weighted by atomic mass is 9.98. The van der Waals surface area contributed by atoms with E-state index in [1.807, 2.05) is 24.3 Å². The summed E-state index contributed by atoms with van der Waals surface area (Å²) < 4.78 is 0. The first kappa shape index (κ1) is 14.4. The van der Waals surface area contributed by atoms with E-state index in [-0.39, 0.29) is 6.04 Å².